The van der Waals surface area contributed by atoms with Crippen molar-refractivity contribution >= 4 is 64.3 Å². The molecule has 1 fully saturated rings. The first-order chi connectivity index (χ1) is 36.8. The summed E-state index contributed by atoms with van der Waals surface area (Å²) in [6, 6.07) is 14.2. The second kappa shape index (κ2) is 30.6. The van der Waals surface area contributed by atoms with Gasteiger partial charge in [-0.2, -0.15) is 4.98 Å². The molecule has 0 spiro atoms. The molecule has 0 saturated carbocycles. The first-order valence-corrected chi connectivity index (χ1v) is 26.9. The summed E-state index contributed by atoms with van der Waals surface area (Å²) in [6.07, 6.45) is 5.28. The van der Waals surface area contributed by atoms with Crippen LogP contribution in [0, 0.1) is 24.7 Å². The van der Waals surface area contributed by atoms with E-state index in [9.17, 15) is 33.6 Å². The Balaban J connectivity index is 1.07. The van der Waals surface area contributed by atoms with Crippen molar-refractivity contribution in [3.63, 3.8) is 0 Å². The second-order valence-corrected chi connectivity index (χ2v) is 20.4. The SMILES string of the molecule is CCCCCNc1nc(N)nc2ccn(Cc3ccc(CN4CCN(C(=O)OCc5ccc(CC(=O)[C@H](CCCNC(N)=O)N(C)C(=O)[C@@H](CC(=O)CCOCCNC(=O)C(C)CC(=O)O)C(C)C)cc5)CC4)cc3C)c12. The van der Waals surface area contributed by atoms with Crippen LogP contribution in [-0.2, 0) is 59.6 Å². The number of aryl methyl sites for hydroxylation is 1. The fraction of sp³-hybridized carbons (Fsp3) is 0.554. The number of hydrogen-bond acceptors (Lipinski definition) is 14. The maximum Gasteiger partial charge on any atom is 0.410 e. The van der Waals surface area contributed by atoms with Crippen LogP contribution in [0.15, 0.2) is 54.7 Å². The molecule has 1 aliphatic heterocycles. The first-order valence-electron chi connectivity index (χ1n) is 26.9. The smallest absolute Gasteiger partial charge is 0.410 e. The molecule has 2 aromatic carbocycles. The van der Waals surface area contributed by atoms with Crippen LogP contribution in [0.1, 0.15) is 107 Å². The average Bonchev–Trinajstić information content (AvgIpc) is 3.81. The second-order valence-electron chi connectivity index (χ2n) is 20.4. The lowest BCUT2D eigenvalue weighted by molar-refractivity contribution is -0.144. The molecule has 21 nitrogen and oxygen atoms in total. The third-order valence-electron chi connectivity index (χ3n) is 14.0. The van der Waals surface area contributed by atoms with E-state index in [1.165, 1.54) is 28.5 Å². The van der Waals surface area contributed by atoms with Crippen molar-refractivity contribution < 1.29 is 48.1 Å². The van der Waals surface area contributed by atoms with E-state index in [0.29, 0.717) is 44.7 Å². The molecule has 1 aliphatic rings. The number of carboxylic acid groups (broad SMARTS) is 1. The molecular formula is C56H81N11O10. The number of unbranched alkanes of at least 4 members (excludes halogenated alkanes) is 2. The number of ketones is 2. The van der Waals surface area contributed by atoms with Crippen LogP contribution in [0.5, 0.6) is 0 Å². The topological polar surface area (TPSA) is 287 Å². The zero-order chi connectivity index (χ0) is 56.0. The van der Waals surface area contributed by atoms with E-state index < -0.39 is 41.9 Å². The summed E-state index contributed by atoms with van der Waals surface area (Å²) < 4.78 is 13.4. The predicted molar refractivity (Wildman–Crippen MR) is 294 cm³/mol. The standard InChI is InChI=1S/C56H81N11O10/c1-7-8-9-20-59-51-50-46(62-54(57)63-51)18-23-67(50)35-43-17-16-42(30-38(43)4)34-65-24-26-66(27-25-65)56(75)77-36-41-14-12-40(13-15-41)32-48(69)47(11-10-21-61-55(58)74)64(6)53(73)45(37(2)3)33-44(68)19-28-76-29-22-60-52(72)39(5)31-49(70)71/h12-18,23,30,37,39,45,47H,7-11,19-22,24-29,31-36H2,1-6H3,(H,60,72)(H,70,71)(H3,58,61,74)(H3,57,59,62,63)/t39?,45-,47-/m0/s1. The number of hydrogen-bond donors (Lipinski definition) is 6. The van der Waals surface area contributed by atoms with E-state index in [0.717, 1.165) is 54.8 Å². The van der Waals surface area contributed by atoms with Crippen LogP contribution in [0.2, 0.25) is 0 Å². The number of anilines is 2. The van der Waals surface area contributed by atoms with Gasteiger partial charge < -0.3 is 56.4 Å². The van der Waals surface area contributed by atoms with Crippen molar-refractivity contribution in [2.24, 2.45) is 23.5 Å². The zero-order valence-corrected chi connectivity index (χ0v) is 45.8. The first kappa shape index (κ1) is 60.7. The number of aliphatic carboxylic acids is 1. The molecule has 1 unspecified atom stereocenters. The molecule has 5 amide bonds. The Labute approximate surface area is 452 Å². The fourth-order valence-corrected chi connectivity index (χ4v) is 9.35. The maximum atomic E-state index is 14.0. The molecular weight excluding hydrogens is 987 g/mol. The summed E-state index contributed by atoms with van der Waals surface area (Å²) >= 11 is 0. The third-order valence-corrected chi connectivity index (χ3v) is 14.0. The summed E-state index contributed by atoms with van der Waals surface area (Å²) in [4.78, 5) is 103. The zero-order valence-electron chi connectivity index (χ0n) is 45.8. The minimum atomic E-state index is -1.07. The van der Waals surface area contributed by atoms with E-state index >= 15 is 0 Å². The van der Waals surface area contributed by atoms with Crippen molar-refractivity contribution in [1.82, 2.24) is 39.9 Å². The van der Waals surface area contributed by atoms with Gasteiger partial charge in [0.1, 0.15) is 17.9 Å². The maximum absolute atomic E-state index is 14.0. The lowest BCUT2D eigenvalue weighted by Crippen LogP contribution is -2.48. The van der Waals surface area contributed by atoms with E-state index in [1.807, 2.05) is 26.1 Å². The number of primary amides is 1. The van der Waals surface area contributed by atoms with Crippen molar-refractivity contribution in [3.05, 3.63) is 82.5 Å². The number of rotatable bonds is 32. The Bertz CT molecular complexity index is 2620. The van der Waals surface area contributed by atoms with Crippen molar-refractivity contribution in [1.29, 1.82) is 0 Å². The van der Waals surface area contributed by atoms with Crippen molar-refractivity contribution in [2.75, 3.05) is 77.1 Å². The molecule has 3 atom stereocenters. The van der Waals surface area contributed by atoms with Gasteiger partial charge in [-0.3, -0.25) is 28.9 Å². The minimum absolute atomic E-state index is 0.0104. The highest BCUT2D eigenvalue weighted by molar-refractivity contribution is 5.93. The highest BCUT2D eigenvalue weighted by Crippen LogP contribution is 2.26. The summed E-state index contributed by atoms with van der Waals surface area (Å²) in [5.41, 5.74) is 18.1. The van der Waals surface area contributed by atoms with Gasteiger partial charge in [0.05, 0.1) is 31.2 Å². The van der Waals surface area contributed by atoms with Gasteiger partial charge in [-0.1, -0.05) is 83.0 Å². The van der Waals surface area contributed by atoms with E-state index in [4.69, 9.17) is 26.0 Å². The monoisotopic (exact) mass is 1070 g/mol. The predicted octanol–water partition coefficient (Wildman–Crippen LogP) is 5.68. The quantitative estimate of drug-likeness (QED) is 0.0321. The van der Waals surface area contributed by atoms with Crippen LogP contribution in [0.4, 0.5) is 21.4 Å². The summed E-state index contributed by atoms with van der Waals surface area (Å²) in [6.45, 7) is 14.8. The number of nitrogens with two attached hydrogens (primary N) is 2. The number of carboxylic acids is 1. The van der Waals surface area contributed by atoms with Crippen LogP contribution >= 0.6 is 0 Å². The number of aromatic nitrogens is 3. The lowest BCUT2D eigenvalue weighted by Gasteiger charge is -2.34. The molecule has 3 heterocycles. The molecule has 5 rings (SSSR count). The van der Waals surface area contributed by atoms with Gasteiger partial charge >= 0.3 is 18.1 Å². The van der Waals surface area contributed by atoms with Gasteiger partial charge in [0.2, 0.25) is 17.8 Å². The number of benzene rings is 2. The van der Waals surface area contributed by atoms with Gasteiger partial charge in [0, 0.05) is 103 Å². The molecule has 2 aromatic heterocycles. The molecule has 0 aliphatic carbocycles. The Morgan fingerprint density at radius 2 is 1.55 bits per heavy atom. The number of amides is 5. The molecule has 0 radical (unpaired) electrons. The Kier molecular flexibility index (Phi) is 24.1. The van der Waals surface area contributed by atoms with E-state index in [1.54, 1.807) is 36.2 Å². The number of carbonyl (C=O) groups excluding carboxylic acids is 6. The minimum Gasteiger partial charge on any atom is -0.481 e. The molecule has 4 aromatic rings. The van der Waals surface area contributed by atoms with E-state index in [2.05, 4.69) is 67.4 Å². The van der Waals surface area contributed by atoms with Gasteiger partial charge in [-0.25, -0.2) is 14.6 Å². The molecule has 8 N–H and O–H groups in total. The van der Waals surface area contributed by atoms with Gasteiger partial charge in [0.25, 0.3) is 0 Å². The summed E-state index contributed by atoms with van der Waals surface area (Å²) in [5, 5.41) is 17.5. The van der Waals surface area contributed by atoms with Crippen LogP contribution in [0.25, 0.3) is 11.0 Å². The Morgan fingerprint density at radius 3 is 2.22 bits per heavy atom. The molecule has 1 saturated heterocycles. The number of piperazine rings is 1. The fourth-order valence-electron chi connectivity index (χ4n) is 9.35. The number of urea groups is 1. The largest absolute Gasteiger partial charge is 0.481 e. The highest BCUT2D eigenvalue weighted by Gasteiger charge is 2.34. The normalized spacial score (nSPS) is 13.9. The Hall–Kier alpha value is -7.13. The highest BCUT2D eigenvalue weighted by atomic mass is 16.6. The van der Waals surface area contributed by atoms with Gasteiger partial charge in [-0.05, 0) is 66.0 Å². The number of Topliss-reactive ketones (excluding diaryl/α,β-unsaturated/α-hetero) is 2. The number of nitrogens with one attached hydrogen (secondary N) is 3. The average molecular weight is 1070 g/mol. The third kappa shape index (κ3) is 19.4. The van der Waals surface area contributed by atoms with E-state index in [-0.39, 0.29) is 94.4 Å². The molecule has 77 heavy (non-hydrogen) atoms. The summed E-state index contributed by atoms with van der Waals surface area (Å²) in [7, 11) is 1.56. The summed E-state index contributed by atoms with van der Waals surface area (Å²) in [5.74, 6) is -2.86. The lowest BCUT2D eigenvalue weighted by atomic mass is 9.87. The van der Waals surface area contributed by atoms with Crippen molar-refractivity contribution in [3.8, 4) is 0 Å². The number of carbonyl (C=O) groups is 7. The number of fused-ring (bicyclic) bond motifs is 1. The number of ether oxygens (including phenoxy) is 2. The van der Waals surface area contributed by atoms with Crippen LogP contribution < -0.4 is 27.4 Å². The van der Waals surface area contributed by atoms with Crippen LogP contribution in [0.3, 0.4) is 0 Å². The molecule has 420 valence electrons. The number of nitrogen functional groups attached to an aromatic ring is 1. The van der Waals surface area contributed by atoms with Gasteiger partial charge in [0.15, 0.2) is 11.6 Å². The van der Waals surface area contributed by atoms with Crippen LogP contribution in [-0.4, -0.2) is 148 Å². The Morgan fingerprint density at radius 1 is 0.831 bits per heavy atom. The van der Waals surface area contributed by atoms with Crippen molar-refractivity contribution in [2.45, 2.75) is 118 Å². The number of nitrogens with zero attached hydrogens (tertiary/aromatic N) is 6. The number of likely N-dealkylation sites (N-methyl/N-ethyl adjacent to an activating group) is 1. The van der Waals surface area contributed by atoms with Gasteiger partial charge in [-0.15, -0.1) is 0 Å². The molecule has 0 bridgehead atoms. The molecule has 21 heteroatoms.